The first-order valence-electron chi connectivity index (χ1n) is 7.23. The molecule has 0 unspecified atom stereocenters. The molecular weight excluding hydrogens is 268 g/mol. The highest BCUT2D eigenvalue weighted by atomic mass is 32.1. The molecule has 0 amide bonds. The summed E-state index contributed by atoms with van der Waals surface area (Å²) in [7, 11) is 0. The molecular formula is C16H20N2OS. The number of aliphatic hydroxyl groups is 1. The fourth-order valence-corrected chi connectivity index (χ4v) is 3.51. The first-order chi connectivity index (χ1) is 9.81. The van der Waals surface area contributed by atoms with Crippen molar-refractivity contribution in [2.45, 2.75) is 44.4 Å². The Bertz CT molecular complexity index is 532. The normalized spacial score (nSPS) is 22.9. The van der Waals surface area contributed by atoms with Gasteiger partial charge in [0, 0.05) is 18.8 Å². The molecule has 20 heavy (non-hydrogen) atoms. The first kappa shape index (κ1) is 13.7. The molecule has 0 aliphatic heterocycles. The molecule has 1 fully saturated rings. The molecule has 1 aliphatic rings. The van der Waals surface area contributed by atoms with E-state index >= 15 is 0 Å². The Morgan fingerprint density at radius 3 is 2.65 bits per heavy atom. The molecule has 1 saturated carbocycles. The summed E-state index contributed by atoms with van der Waals surface area (Å²) in [5.74, 6) is 0. The van der Waals surface area contributed by atoms with Crippen molar-refractivity contribution in [3.05, 3.63) is 41.5 Å². The number of aliphatic hydroxyl groups excluding tert-OH is 1. The van der Waals surface area contributed by atoms with E-state index in [1.165, 1.54) is 10.4 Å². The lowest BCUT2D eigenvalue weighted by atomic mass is 9.93. The SMILES string of the molecule is OC1CCC(NCc2ncc(-c3ccccc3)s2)CC1. The second-order valence-electron chi connectivity index (χ2n) is 5.37. The maximum absolute atomic E-state index is 9.50. The average Bonchev–Trinajstić information content (AvgIpc) is 2.97. The maximum atomic E-state index is 9.50. The summed E-state index contributed by atoms with van der Waals surface area (Å²) in [5.41, 5.74) is 1.23. The number of thiazole rings is 1. The summed E-state index contributed by atoms with van der Waals surface area (Å²) in [6.45, 7) is 0.832. The van der Waals surface area contributed by atoms with Crippen LogP contribution in [0.1, 0.15) is 30.7 Å². The van der Waals surface area contributed by atoms with E-state index in [0.29, 0.717) is 6.04 Å². The molecule has 0 saturated heterocycles. The van der Waals surface area contributed by atoms with Crippen LogP contribution in [0.3, 0.4) is 0 Å². The van der Waals surface area contributed by atoms with Gasteiger partial charge in [0.25, 0.3) is 0 Å². The highest BCUT2D eigenvalue weighted by molar-refractivity contribution is 7.15. The van der Waals surface area contributed by atoms with Crippen LogP contribution in [-0.4, -0.2) is 22.2 Å². The summed E-state index contributed by atoms with van der Waals surface area (Å²) < 4.78 is 0. The third kappa shape index (κ3) is 3.45. The maximum Gasteiger partial charge on any atom is 0.107 e. The van der Waals surface area contributed by atoms with Gasteiger partial charge in [-0.05, 0) is 31.2 Å². The number of benzene rings is 1. The molecule has 0 radical (unpaired) electrons. The summed E-state index contributed by atoms with van der Waals surface area (Å²) in [5, 5.41) is 14.2. The number of aromatic nitrogens is 1. The van der Waals surface area contributed by atoms with Gasteiger partial charge in [-0.2, -0.15) is 0 Å². The first-order valence-corrected chi connectivity index (χ1v) is 8.04. The molecule has 2 aromatic rings. The molecule has 0 bridgehead atoms. The third-order valence-electron chi connectivity index (χ3n) is 3.85. The molecule has 1 heterocycles. The Labute approximate surface area is 123 Å². The van der Waals surface area contributed by atoms with Gasteiger partial charge in [-0.3, -0.25) is 0 Å². The minimum absolute atomic E-state index is 0.0856. The van der Waals surface area contributed by atoms with Crippen LogP contribution in [0, 0.1) is 0 Å². The molecule has 4 heteroatoms. The van der Waals surface area contributed by atoms with Crippen LogP contribution < -0.4 is 5.32 Å². The Hall–Kier alpha value is -1.23. The smallest absolute Gasteiger partial charge is 0.107 e. The van der Waals surface area contributed by atoms with Crippen LogP contribution in [0.15, 0.2) is 36.5 Å². The zero-order chi connectivity index (χ0) is 13.8. The van der Waals surface area contributed by atoms with E-state index in [2.05, 4.69) is 34.6 Å². The highest BCUT2D eigenvalue weighted by Crippen LogP contribution is 2.26. The second-order valence-corrected chi connectivity index (χ2v) is 6.49. The zero-order valence-corrected chi connectivity index (χ0v) is 12.3. The van der Waals surface area contributed by atoms with E-state index < -0.39 is 0 Å². The summed E-state index contributed by atoms with van der Waals surface area (Å²) >= 11 is 1.75. The van der Waals surface area contributed by atoms with Crippen LogP contribution in [0.5, 0.6) is 0 Å². The zero-order valence-electron chi connectivity index (χ0n) is 11.5. The molecule has 106 valence electrons. The number of nitrogens with zero attached hydrogens (tertiary/aromatic N) is 1. The highest BCUT2D eigenvalue weighted by Gasteiger charge is 2.19. The van der Waals surface area contributed by atoms with Gasteiger partial charge in [0.05, 0.1) is 11.0 Å². The van der Waals surface area contributed by atoms with Crippen molar-refractivity contribution < 1.29 is 5.11 Å². The van der Waals surface area contributed by atoms with Crippen LogP contribution >= 0.6 is 11.3 Å². The van der Waals surface area contributed by atoms with Crippen molar-refractivity contribution >= 4 is 11.3 Å². The van der Waals surface area contributed by atoms with Crippen molar-refractivity contribution in [1.82, 2.24) is 10.3 Å². The van der Waals surface area contributed by atoms with E-state index in [-0.39, 0.29) is 6.10 Å². The molecule has 2 N–H and O–H groups in total. The quantitative estimate of drug-likeness (QED) is 0.908. The van der Waals surface area contributed by atoms with Crippen molar-refractivity contribution in [2.24, 2.45) is 0 Å². The minimum Gasteiger partial charge on any atom is -0.393 e. The second kappa shape index (κ2) is 6.48. The molecule has 1 aromatic heterocycles. The van der Waals surface area contributed by atoms with Crippen LogP contribution in [0.25, 0.3) is 10.4 Å². The lowest BCUT2D eigenvalue weighted by Crippen LogP contribution is -2.34. The number of hydrogen-bond donors (Lipinski definition) is 2. The van der Waals surface area contributed by atoms with Gasteiger partial charge in [0.2, 0.25) is 0 Å². The van der Waals surface area contributed by atoms with Gasteiger partial charge < -0.3 is 10.4 Å². The predicted molar refractivity (Wildman–Crippen MR) is 82.7 cm³/mol. The molecule has 3 nitrogen and oxygen atoms in total. The van der Waals surface area contributed by atoms with Crippen LogP contribution in [0.4, 0.5) is 0 Å². The Morgan fingerprint density at radius 2 is 1.90 bits per heavy atom. The van der Waals surface area contributed by atoms with E-state index in [1.807, 2.05) is 12.3 Å². The van der Waals surface area contributed by atoms with E-state index in [9.17, 15) is 5.11 Å². The standard InChI is InChI=1S/C16H20N2OS/c19-14-8-6-13(7-9-14)17-11-16-18-10-15(20-16)12-4-2-1-3-5-12/h1-5,10,13-14,17,19H,6-9,11H2. The van der Waals surface area contributed by atoms with Gasteiger partial charge in [-0.25, -0.2) is 4.98 Å². The topological polar surface area (TPSA) is 45.1 Å². The fourth-order valence-electron chi connectivity index (χ4n) is 2.64. The van der Waals surface area contributed by atoms with Gasteiger partial charge in [0.15, 0.2) is 0 Å². The van der Waals surface area contributed by atoms with E-state index in [4.69, 9.17) is 0 Å². The monoisotopic (exact) mass is 288 g/mol. The average molecular weight is 288 g/mol. The van der Waals surface area contributed by atoms with Crippen molar-refractivity contribution in [1.29, 1.82) is 0 Å². The minimum atomic E-state index is -0.0856. The number of rotatable bonds is 4. The molecule has 1 aliphatic carbocycles. The Kier molecular flexibility index (Phi) is 4.45. The van der Waals surface area contributed by atoms with Gasteiger partial charge >= 0.3 is 0 Å². The lowest BCUT2D eigenvalue weighted by molar-refractivity contribution is 0.116. The molecule has 0 spiro atoms. The third-order valence-corrected chi connectivity index (χ3v) is 4.90. The summed E-state index contributed by atoms with van der Waals surface area (Å²) in [6.07, 6.45) is 5.85. The summed E-state index contributed by atoms with van der Waals surface area (Å²) in [6, 6.07) is 10.9. The lowest BCUT2D eigenvalue weighted by Gasteiger charge is -2.25. The Morgan fingerprint density at radius 1 is 1.15 bits per heavy atom. The van der Waals surface area contributed by atoms with Gasteiger partial charge in [-0.15, -0.1) is 11.3 Å². The van der Waals surface area contributed by atoms with Crippen LogP contribution in [0.2, 0.25) is 0 Å². The van der Waals surface area contributed by atoms with Crippen molar-refractivity contribution in [3.8, 4) is 10.4 Å². The van der Waals surface area contributed by atoms with Crippen molar-refractivity contribution in [2.75, 3.05) is 0 Å². The Balaban J connectivity index is 1.55. The predicted octanol–water partition coefficient (Wildman–Crippen LogP) is 3.20. The van der Waals surface area contributed by atoms with Gasteiger partial charge in [0.1, 0.15) is 5.01 Å². The van der Waals surface area contributed by atoms with E-state index in [1.54, 1.807) is 11.3 Å². The molecule has 0 atom stereocenters. The van der Waals surface area contributed by atoms with Gasteiger partial charge in [-0.1, -0.05) is 30.3 Å². The number of nitrogens with one attached hydrogen (secondary N) is 1. The molecule has 1 aromatic carbocycles. The van der Waals surface area contributed by atoms with Crippen LogP contribution in [-0.2, 0) is 6.54 Å². The van der Waals surface area contributed by atoms with Crippen molar-refractivity contribution in [3.63, 3.8) is 0 Å². The fraction of sp³-hybridized carbons (Fsp3) is 0.438. The number of hydrogen-bond acceptors (Lipinski definition) is 4. The van der Waals surface area contributed by atoms with E-state index in [0.717, 1.165) is 37.2 Å². The largest absolute Gasteiger partial charge is 0.393 e. The molecule has 3 rings (SSSR count). The summed E-state index contributed by atoms with van der Waals surface area (Å²) in [4.78, 5) is 5.72.